The average Bonchev–Trinajstić information content (AvgIpc) is 0.954. The van der Waals surface area contributed by atoms with Crippen LogP contribution in [0.5, 0.6) is 0 Å². The van der Waals surface area contributed by atoms with Gasteiger partial charge in [-0.05, 0) is 37.5 Å². The van der Waals surface area contributed by atoms with Crippen LogP contribution in [0.3, 0.4) is 0 Å². The molecule has 588 valence electrons. The van der Waals surface area contributed by atoms with Crippen molar-refractivity contribution in [2.75, 3.05) is 39.6 Å². The van der Waals surface area contributed by atoms with Gasteiger partial charge in [-0.1, -0.05) is 369 Å². The minimum Gasteiger partial charge on any atom is -0.462 e. The molecule has 0 radical (unpaired) electrons. The largest absolute Gasteiger partial charge is 0.472 e. The molecule has 2 unspecified atom stereocenters. The number of rotatable bonds is 79. The van der Waals surface area contributed by atoms with Crippen molar-refractivity contribution in [2.24, 2.45) is 11.8 Å². The van der Waals surface area contributed by atoms with Gasteiger partial charge in [0.25, 0.3) is 0 Å². The number of carbonyl (C=O) groups excluding carboxylic acids is 4. The molecule has 0 saturated heterocycles. The van der Waals surface area contributed by atoms with E-state index in [1.807, 2.05) is 0 Å². The van der Waals surface area contributed by atoms with E-state index in [-0.39, 0.29) is 25.7 Å². The van der Waals surface area contributed by atoms with E-state index < -0.39 is 97.5 Å². The molecule has 3 N–H and O–H groups in total. The number of ether oxygens (including phenoxy) is 4. The lowest BCUT2D eigenvalue weighted by molar-refractivity contribution is -0.161. The predicted molar refractivity (Wildman–Crippen MR) is 405 cm³/mol. The lowest BCUT2D eigenvalue weighted by Gasteiger charge is -2.21. The first-order valence-corrected chi connectivity index (χ1v) is 44.5. The van der Waals surface area contributed by atoms with Crippen LogP contribution < -0.4 is 0 Å². The number of hydrogen-bond acceptors (Lipinski definition) is 15. The molecular formula is C80H156O17P2. The van der Waals surface area contributed by atoms with E-state index in [9.17, 15) is 43.2 Å². The summed E-state index contributed by atoms with van der Waals surface area (Å²) in [4.78, 5) is 72.9. The Kier molecular flexibility index (Phi) is 70.3. The molecule has 5 atom stereocenters. The lowest BCUT2D eigenvalue weighted by Crippen LogP contribution is -2.30. The van der Waals surface area contributed by atoms with Gasteiger partial charge in [-0.15, -0.1) is 0 Å². The summed E-state index contributed by atoms with van der Waals surface area (Å²) < 4.78 is 68.6. The van der Waals surface area contributed by atoms with Crippen LogP contribution in [0, 0.1) is 11.8 Å². The molecule has 0 fully saturated rings. The summed E-state index contributed by atoms with van der Waals surface area (Å²) in [6, 6.07) is 0. The summed E-state index contributed by atoms with van der Waals surface area (Å²) in [6.07, 6.45) is 61.3. The maximum absolute atomic E-state index is 13.1. The molecule has 0 aliphatic rings. The topological polar surface area (TPSA) is 237 Å². The highest BCUT2D eigenvalue weighted by Gasteiger charge is 2.30. The van der Waals surface area contributed by atoms with Gasteiger partial charge in [0.05, 0.1) is 26.4 Å². The molecule has 0 bridgehead atoms. The molecule has 17 nitrogen and oxygen atoms in total. The number of carbonyl (C=O) groups is 4. The van der Waals surface area contributed by atoms with Crippen LogP contribution in [0.4, 0.5) is 0 Å². The van der Waals surface area contributed by atoms with E-state index in [4.69, 9.17) is 37.0 Å². The lowest BCUT2D eigenvalue weighted by atomic mass is 10.0. The SMILES string of the molecule is CCCCCCCCCCCCCCCCCCCCCCCCC(=O)O[C@H](COC(=O)CCCCCCCCCCCCCCCC)COP(=O)(O)OC[C@@H](O)COP(=O)(O)OC[C@@H](COC(=O)CCCCCCCCCC(C)C)OC(=O)CCCCCCCCCCCCC(C)C. The average molecular weight is 1450 g/mol. The highest BCUT2D eigenvalue weighted by atomic mass is 31.2. The number of aliphatic hydroxyl groups excluding tert-OH is 1. The number of esters is 4. The standard InChI is InChI=1S/C80H156O17P2/c1-7-9-11-13-15-17-19-21-23-24-25-26-27-28-29-30-32-34-39-45-52-58-64-79(84)96-75(68-90-77(82)62-56-50-44-38-33-31-22-20-18-16-14-12-10-8-2)70-94-98(86,87)92-66-74(81)67-93-99(88,89)95-71-76(69-91-78(83)63-57-51-47-41-43-49-55-61-73(5)6)97-80(85)65-59-53-46-40-36-35-37-42-48-54-60-72(3)4/h72-76,81H,7-71H2,1-6H3,(H,86,87)(H,88,89)/t74-,75-,76-/m1/s1. The van der Waals surface area contributed by atoms with Gasteiger partial charge >= 0.3 is 39.5 Å². The van der Waals surface area contributed by atoms with Crippen LogP contribution in [-0.2, 0) is 65.4 Å². The van der Waals surface area contributed by atoms with Crippen molar-refractivity contribution in [2.45, 2.75) is 439 Å². The van der Waals surface area contributed by atoms with Crippen LogP contribution in [0.15, 0.2) is 0 Å². The third-order valence-corrected chi connectivity index (χ3v) is 20.6. The van der Waals surface area contributed by atoms with Gasteiger partial charge in [-0.25, -0.2) is 9.13 Å². The summed E-state index contributed by atoms with van der Waals surface area (Å²) in [5.74, 6) is -0.656. The van der Waals surface area contributed by atoms with E-state index in [0.29, 0.717) is 31.6 Å². The fraction of sp³-hybridized carbons (Fsp3) is 0.950. The summed E-state index contributed by atoms with van der Waals surface area (Å²) in [5, 5.41) is 10.6. The molecule has 0 aliphatic heterocycles. The summed E-state index contributed by atoms with van der Waals surface area (Å²) in [5.41, 5.74) is 0. The molecule has 0 aromatic rings. The van der Waals surface area contributed by atoms with Gasteiger partial charge in [0.1, 0.15) is 19.3 Å². The van der Waals surface area contributed by atoms with Crippen molar-refractivity contribution in [1.82, 2.24) is 0 Å². The predicted octanol–water partition coefficient (Wildman–Crippen LogP) is 23.9. The molecule has 0 rings (SSSR count). The third kappa shape index (κ3) is 74.1. The minimum atomic E-state index is -4.96. The van der Waals surface area contributed by atoms with E-state index in [0.717, 1.165) is 102 Å². The first kappa shape index (κ1) is 97.1. The molecule has 0 heterocycles. The Hall–Kier alpha value is -1.94. The van der Waals surface area contributed by atoms with Crippen molar-refractivity contribution in [1.29, 1.82) is 0 Å². The number of phosphoric ester groups is 2. The maximum atomic E-state index is 13.1. The number of unbranched alkanes of at least 4 members (excludes halogenated alkanes) is 49. The zero-order valence-electron chi connectivity index (χ0n) is 64.8. The van der Waals surface area contributed by atoms with Crippen LogP contribution in [0.1, 0.15) is 420 Å². The van der Waals surface area contributed by atoms with Gasteiger partial charge in [0, 0.05) is 25.7 Å². The van der Waals surface area contributed by atoms with Crippen LogP contribution in [0.25, 0.3) is 0 Å². The Labute approximate surface area is 607 Å². The van der Waals surface area contributed by atoms with Gasteiger partial charge in [-0.3, -0.25) is 37.3 Å². The quantitative estimate of drug-likeness (QED) is 0.0222. The number of hydrogen-bond donors (Lipinski definition) is 3. The second kappa shape index (κ2) is 71.7. The van der Waals surface area contributed by atoms with Crippen molar-refractivity contribution in [3.05, 3.63) is 0 Å². The van der Waals surface area contributed by atoms with Crippen molar-refractivity contribution < 1.29 is 80.2 Å². The van der Waals surface area contributed by atoms with Gasteiger partial charge in [-0.2, -0.15) is 0 Å². The molecule has 99 heavy (non-hydrogen) atoms. The Morgan fingerprint density at radius 1 is 0.273 bits per heavy atom. The fourth-order valence-electron chi connectivity index (χ4n) is 12.4. The smallest absolute Gasteiger partial charge is 0.462 e. The van der Waals surface area contributed by atoms with E-state index in [1.54, 1.807) is 0 Å². The first-order chi connectivity index (χ1) is 47.9. The van der Waals surface area contributed by atoms with Crippen molar-refractivity contribution in [3.8, 4) is 0 Å². The first-order valence-electron chi connectivity index (χ1n) is 41.5. The summed E-state index contributed by atoms with van der Waals surface area (Å²) in [6.45, 7) is 9.55. The Morgan fingerprint density at radius 2 is 0.465 bits per heavy atom. The molecule has 0 aromatic carbocycles. The second-order valence-corrected chi connectivity index (χ2v) is 32.7. The zero-order chi connectivity index (χ0) is 72.8. The molecule has 0 aliphatic carbocycles. The summed E-state index contributed by atoms with van der Waals surface area (Å²) >= 11 is 0. The normalized spacial score (nSPS) is 13.9. The number of phosphoric acid groups is 2. The second-order valence-electron chi connectivity index (χ2n) is 29.8. The Morgan fingerprint density at radius 3 is 0.687 bits per heavy atom. The maximum Gasteiger partial charge on any atom is 0.472 e. The van der Waals surface area contributed by atoms with Gasteiger partial charge in [0.15, 0.2) is 12.2 Å². The van der Waals surface area contributed by atoms with Crippen LogP contribution >= 0.6 is 15.6 Å². The Bertz CT molecular complexity index is 1910. The number of aliphatic hydroxyl groups is 1. The molecule has 0 spiro atoms. The highest BCUT2D eigenvalue weighted by molar-refractivity contribution is 7.47. The molecule has 0 amide bonds. The molecular weight excluding hydrogens is 1290 g/mol. The van der Waals surface area contributed by atoms with E-state index in [1.165, 1.54) is 231 Å². The zero-order valence-corrected chi connectivity index (χ0v) is 66.6. The molecule has 19 heteroatoms. The van der Waals surface area contributed by atoms with E-state index in [2.05, 4.69) is 41.5 Å². The highest BCUT2D eigenvalue weighted by Crippen LogP contribution is 2.45. The van der Waals surface area contributed by atoms with Crippen molar-refractivity contribution in [3.63, 3.8) is 0 Å². The Balaban J connectivity index is 5.20. The van der Waals surface area contributed by atoms with Gasteiger partial charge < -0.3 is 33.8 Å². The van der Waals surface area contributed by atoms with Gasteiger partial charge in [0.2, 0.25) is 0 Å². The summed E-state index contributed by atoms with van der Waals surface area (Å²) in [7, 11) is -9.92. The molecule has 0 saturated carbocycles. The third-order valence-electron chi connectivity index (χ3n) is 18.7. The van der Waals surface area contributed by atoms with E-state index >= 15 is 0 Å². The van der Waals surface area contributed by atoms with Crippen LogP contribution in [-0.4, -0.2) is 96.7 Å². The van der Waals surface area contributed by atoms with Crippen molar-refractivity contribution >= 4 is 39.5 Å². The monoisotopic (exact) mass is 1450 g/mol. The minimum absolute atomic E-state index is 0.105. The molecule has 0 aromatic heterocycles. The fourth-order valence-corrected chi connectivity index (χ4v) is 13.9. The van der Waals surface area contributed by atoms with Crippen LogP contribution in [0.2, 0.25) is 0 Å².